The summed E-state index contributed by atoms with van der Waals surface area (Å²) in [5.41, 5.74) is 1.08. The molecule has 0 radical (unpaired) electrons. The fraction of sp³-hybridized carbons (Fsp3) is 0.312. The van der Waals surface area contributed by atoms with E-state index >= 15 is 0 Å². The van der Waals surface area contributed by atoms with Gasteiger partial charge in [0.25, 0.3) is 0 Å². The average Bonchev–Trinajstić information content (AvgIpc) is 3.17. The molecule has 3 rings (SSSR count). The third kappa shape index (κ3) is 3.02. The number of carboxylic acids is 1. The van der Waals surface area contributed by atoms with E-state index in [1.54, 1.807) is 6.07 Å². The van der Waals surface area contributed by atoms with Crippen LogP contribution in [-0.2, 0) is 6.61 Å². The van der Waals surface area contributed by atoms with Gasteiger partial charge in [0.05, 0.1) is 5.69 Å². The minimum Gasteiger partial charge on any atom is -0.483 e. The standard InChI is InChI=1S/C16H17NO4/c18-16(19)15-8-7-12(21-15)11-20-14-6-2-1-5-13(14)17-9-3-4-10-17/h1-2,5-8H,3-4,9-11H2,(H,18,19). The quantitative estimate of drug-likeness (QED) is 0.915. The molecule has 1 aliphatic rings. The van der Waals surface area contributed by atoms with E-state index in [0.29, 0.717) is 5.76 Å². The molecule has 2 aromatic rings. The predicted molar refractivity (Wildman–Crippen MR) is 77.9 cm³/mol. The number of carbonyl (C=O) groups is 1. The highest BCUT2D eigenvalue weighted by molar-refractivity contribution is 5.84. The largest absolute Gasteiger partial charge is 0.483 e. The Kier molecular flexibility index (Phi) is 3.81. The van der Waals surface area contributed by atoms with Gasteiger partial charge in [-0.2, -0.15) is 0 Å². The van der Waals surface area contributed by atoms with Gasteiger partial charge in [0.2, 0.25) is 5.76 Å². The number of hydrogen-bond donors (Lipinski definition) is 1. The molecule has 5 heteroatoms. The van der Waals surface area contributed by atoms with Crippen LogP contribution < -0.4 is 9.64 Å². The Labute approximate surface area is 122 Å². The molecule has 1 saturated heterocycles. The Bertz CT molecular complexity index is 629. The normalized spacial score (nSPS) is 14.4. The van der Waals surface area contributed by atoms with Crippen LogP contribution in [0.15, 0.2) is 40.8 Å². The van der Waals surface area contributed by atoms with Gasteiger partial charge >= 0.3 is 5.97 Å². The molecule has 0 amide bonds. The lowest BCUT2D eigenvalue weighted by atomic mass is 10.2. The first-order valence-electron chi connectivity index (χ1n) is 7.03. The van der Waals surface area contributed by atoms with Crippen LogP contribution in [0.3, 0.4) is 0 Å². The molecule has 0 unspecified atom stereocenters. The Hall–Kier alpha value is -2.43. The molecule has 0 atom stereocenters. The smallest absolute Gasteiger partial charge is 0.371 e. The maximum absolute atomic E-state index is 10.8. The number of aromatic carboxylic acids is 1. The van der Waals surface area contributed by atoms with Gasteiger partial charge in [-0.1, -0.05) is 12.1 Å². The summed E-state index contributed by atoms with van der Waals surface area (Å²) < 4.78 is 11.0. The fourth-order valence-corrected chi connectivity index (χ4v) is 2.52. The van der Waals surface area contributed by atoms with Crippen molar-refractivity contribution in [3.8, 4) is 5.75 Å². The summed E-state index contributed by atoms with van der Waals surface area (Å²) in [7, 11) is 0. The monoisotopic (exact) mass is 287 g/mol. The van der Waals surface area contributed by atoms with E-state index in [2.05, 4.69) is 4.90 Å². The van der Waals surface area contributed by atoms with E-state index in [4.69, 9.17) is 14.3 Å². The molecule has 0 spiro atoms. The summed E-state index contributed by atoms with van der Waals surface area (Å²) in [6, 6.07) is 11.0. The summed E-state index contributed by atoms with van der Waals surface area (Å²) in [6.07, 6.45) is 2.41. The fourth-order valence-electron chi connectivity index (χ4n) is 2.52. The number of carboxylic acid groups (broad SMARTS) is 1. The molecule has 21 heavy (non-hydrogen) atoms. The number of benzene rings is 1. The van der Waals surface area contributed by atoms with Crippen LogP contribution in [0.1, 0.15) is 29.2 Å². The van der Waals surface area contributed by atoms with Gasteiger partial charge in [0.15, 0.2) is 0 Å². The molecule has 0 bridgehead atoms. The van der Waals surface area contributed by atoms with Crippen molar-refractivity contribution < 1.29 is 19.1 Å². The molecule has 5 nitrogen and oxygen atoms in total. The Morgan fingerprint density at radius 1 is 1.19 bits per heavy atom. The number of anilines is 1. The highest BCUT2D eigenvalue weighted by Crippen LogP contribution is 2.31. The molecule has 1 fully saturated rings. The number of furan rings is 1. The zero-order chi connectivity index (χ0) is 14.7. The van der Waals surface area contributed by atoms with Crippen LogP contribution >= 0.6 is 0 Å². The first kappa shape index (κ1) is 13.5. The second kappa shape index (κ2) is 5.91. The predicted octanol–water partition coefficient (Wildman–Crippen LogP) is 3.16. The second-order valence-corrected chi connectivity index (χ2v) is 5.02. The van der Waals surface area contributed by atoms with Gasteiger partial charge in [-0.3, -0.25) is 0 Å². The first-order chi connectivity index (χ1) is 10.2. The van der Waals surface area contributed by atoms with E-state index in [0.717, 1.165) is 24.5 Å². The molecular formula is C16H17NO4. The van der Waals surface area contributed by atoms with Crippen LogP contribution in [-0.4, -0.2) is 24.2 Å². The highest BCUT2D eigenvalue weighted by Gasteiger charge is 2.16. The lowest BCUT2D eigenvalue weighted by Gasteiger charge is -2.20. The van der Waals surface area contributed by atoms with Gasteiger partial charge < -0.3 is 19.2 Å². The van der Waals surface area contributed by atoms with Crippen LogP contribution in [0.4, 0.5) is 5.69 Å². The maximum Gasteiger partial charge on any atom is 0.371 e. The van der Waals surface area contributed by atoms with Crippen molar-refractivity contribution in [2.24, 2.45) is 0 Å². The first-order valence-corrected chi connectivity index (χ1v) is 7.03. The number of hydrogen-bond acceptors (Lipinski definition) is 4. The topological polar surface area (TPSA) is 62.9 Å². The van der Waals surface area contributed by atoms with Crippen molar-refractivity contribution in [3.05, 3.63) is 47.9 Å². The summed E-state index contributed by atoms with van der Waals surface area (Å²) in [5.74, 6) is 0.163. The van der Waals surface area contributed by atoms with Crippen molar-refractivity contribution in [2.45, 2.75) is 19.4 Å². The Morgan fingerprint density at radius 2 is 1.95 bits per heavy atom. The molecule has 1 N–H and O–H groups in total. The van der Waals surface area contributed by atoms with Gasteiger partial charge in [-0.25, -0.2) is 4.79 Å². The highest BCUT2D eigenvalue weighted by atomic mass is 16.5. The van der Waals surface area contributed by atoms with Crippen LogP contribution in [0, 0.1) is 0 Å². The lowest BCUT2D eigenvalue weighted by Crippen LogP contribution is -2.18. The van der Waals surface area contributed by atoms with E-state index < -0.39 is 5.97 Å². The maximum atomic E-state index is 10.8. The van der Waals surface area contributed by atoms with Crippen LogP contribution in [0.5, 0.6) is 5.75 Å². The van der Waals surface area contributed by atoms with Crippen LogP contribution in [0.25, 0.3) is 0 Å². The molecule has 1 aromatic carbocycles. The van der Waals surface area contributed by atoms with Crippen LogP contribution in [0.2, 0.25) is 0 Å². The van der Waals surface area contributed by atoms with Crippen molar-refractivity contribution in [1.29, 1.82) is 0 Å². The Balaban J connectivity index is 1.71. The van der Waals surface area contributed by atoms with Gasteiger partial charge in [-0.05, 0) is 37.1 Å². The summed E-state index contributed by atoms with van der Waals surface area (Å²) in [4.78, 5) is 13.1. The van der Waals surface area contributed by atoms with Crippen molar-refractivity contribution in [2.75, 3.05) is 18.0 Å². The number of para-hydroxylation sites is 2. The number of rotatable bonds is 5. The molecule has 0 saturated carbocycles. The number of ether oxygens (including phenoxy) is 1. The van der Waals surface area contributed by atoms with E-state index in [1.165, 1.54) is 18.9 Å². The Morgan fingerprint density at radius 3 is 2.67 bits per heavy atom. The van der Waals surface area contributed by atoms with Gasteiger partial charge in [0, 0.05) is 13.1 Å². The second-order valence-electron chi connectivity index (χ2n) is 5.02. The molecule has 110 valence electrons. The SMILES string of the molecule is O=C(O)c1ccc(COc2ccccc2N2CCCC2)o1. The summed E-state index contributed by atoms with van der Waals surface area (Å²) in [6.45, 7) is 2.31. The molecule has 1 aliphatic heterocycles. The molecular weight excluding hydrogens is 270 g/mol. The van der Waals surface area contributed by atoms with Gasteiger partial charge in [0.1, 0.15) is 18.1 Å². The summed E-state index contributed by atoms with van der Waals surface area (Å²) in [5, 5.41) is 8.83. The van der Waals surface area contributed by atoms with Crippen molar-refractivity contribution in [3.63, 3.8) is 0 Å². The lowest BCUT2D eigenvalue weighted by molar-refractivity contribution is 0.0658. The summed E-state index contributed by atoms with van der Waals surface area (Å²) >= 11 is 0. The zero-order valence-electron chi connectivity index (χ0n) is 11.6. The molecule has 1 aromatic heterocycles. The van der Waals surface area contributed by atoms with E-state index in [-0.39, 0.29) is 12.4 Å². The minimum absolute atomic E-state index is 0.0681. The number of nitrogens with zero attached hydrogens (tertiary/aromatic N) is 1. The molecule has 2 heterocycles. The molecule has 0 aliphatic carbocycles. The van der Waals surface area contributed by atoms with Gasteiger partial charge in [-0.15, -0.1) is 0 Å². The van der Waals surface area contributed by atoms with Crippen molar-refractivity contribution in [1.82, 2.24) is 0 Å². The van der Waals surface area contributed by atoms with E-state index in [1.807, 2.05) is 24.3 Å². The third-order valence-corrected chi connectivity index (χ3v) is 3.55. The zero-order valence-corrected chi connectivity index (χ0v) is 11.6. The van der Waals surface area contributed by atoms with Crippen molar-refractivity contribution >= 4 is 11.7 Å². The third-order valence-electron chi connectivity index (χ3n) is 3.55. The minimum atomic E-state index is -1.07. The average molecular weight is 287 g/mol. The van der Waals surface area contributed by atoms with E-state index in [9.17, 15) is 4.79 Å².